The van der Waals surface area contributed by atoms with Crippen molar-refractivity contribution >= 4 is 17.7 Å². The third kappa shape index (κ3) is 3.61. The summed E-state index contributed by atoms with van der Waals surface area (Å²) in [4.78, 5) is 16.4. The first-order valence-electron chi connectivity index (χ1n) is 7.15. The van der Waals surface area contributed by atoms with Gasteiger partial charge in [0.25, 0.3) is 0 Å². The average molecular weight is 273 g/mol. The van der Waals surface area contributed by atoms with Crippen molar-refractivity contribution in [2.45, 2.75) is 13.8 Å². The summed E-state index contributed by atoms with van der Waals surface area (Å²) in [6.07, 6.45) is 3.48. The van der Waals surface area contributed by atoms with Gasteiger partial charge >= 0.3 is 0 Å². The van der Waals surface area contributed by atoms with E-state index in [1.807, 2.05) is 36.1 Å². The number of carbonyl (C=O) groups excluding carboxylic acids is 1. The number of piperazine rings is 1. The van der Waals surface area contributed by atoms with E-state index in [0.29, 0.717) is 0 Å². The summed E-state index contributed by atoms with van der Waals surface area (Å²) in [7, 11) is 0. The van der Waals surface area contributed by atoms with Crippen LogP contribution in [-0.2, 0) is 4.79 Å². The molecule has 1 aliphatic rings. The second kappa shape index (κ2) is 6.57. The van der Waals surface area contributed by atoms with Gasteiger partial charge in [0.2, 0.25) is 5.91 Å². The zero-order valence-electron chi connectivity index (χ0n) is 12.3. The number of nitrogens with two attached hydrogens (primary N) is 1. The maximum atomic E-state index is 12.1. The molecule has 1 heterocycles. The van der Waals surface area contributed by atoms with Crippen molar-refractivity contribution in [3.63, 3.8) is 0 Å². The van der Waals surface area contributed by atoms with Gasteiger partial charge in [-0.1, -0.05) is 19.1 Å². The van der Waals surface area contributed by atoms with E-state index in [0.717, 1.165) is 49.5 Å². The maximum Gasteiger partial charge on any atom is 0.246 e. The lowest BCUT2D eigenvalue weighted by molar-refractivity contribution is -0.127. The molecule has 1 saturated heterocycles. The monoisotopic (exact) mass is 273 g/mol. The molecular weight excluding hydrogens is 250 g/mol. The van der Waals surface area contributed by atoms with Gasteiger partial charge < -0.3 is 15.5 Å². The Morgan fingerprint density at radius 1 is 1.30 bits per heavy atom. The van der Waals surface area contributed by atoms with Gasteiger partial charge in [-0.25, -0.2) is 0 Å². The normalized spacial score (nSPS) is 16.8. The summed E-state index contributed by atoms with van der Waals surface area (Å²) in [5.74, 6) is 0.0832. The summed E-state index contributed by atoms with van der Waals surface area (Å²) < 4.78 is 0. The number of anilines is 1. The first kappa shape index (κ1) is 14.6. The highest BCUT2D eigenvalue weighted by atomic mass is 16.2. The number of benzene rings is 1. The average Bonchev–Trinajstić information content (AvgIpc) is 2.48. The molecule has 0 aliphatic carbocycles. The molecule has 0 spiro atoms. The maximum absolute atomic E-state index is 12.1. The molecule has 1 aromatic carbocycles. The zero-order valence-corrected chi connectivity index (χ0v) is 12.3. The Morgan fingerprint density at radius 2 is 2.00 bits per heavy atom. The van der Waals surface area contributed by atoms with Crippen LogP contribution in [0.1, 0.15) is 18.1 Å². The molecule has 1 amide bonds. The molecule has 2 N–H and O–H groups in total. The third-order valence-corrected chi connectivity index (χ3v) is 3.85. The van der Waals surface area contributed by atoms with Crippen molar-refractivity contribution in [1.82, 2.24) is 9.80 Å². The molecular formula is C16H23N3O. The molecule has 0 atom stereocenters. The van der Waals surface area contributed by atoms with Gasteiger partial charge in [0.1, 0.15) is 0 Å². The highest BCUT2D eigenvalue weighted by Gasteiger charge is 2.17. The molecule has 0 bridgehead atoms. The summed E-state index contributed by atoms with van der Waals surface area (Å²) in [6, 6.07) is 5.85. The Hall–Kier alpha value is -1.81. The number of carbonyl (C=O) groups is 1. The lowest BCUT2D eigenvalue weighted by Gasteiger charge is -2.33. The van der Waals surface area contributed by atoms with Gasteiger partial charge in [0, 0.05) is 37.9 Å². The molecule has 4 heteroatoms. The summed E-state index contributed by atoms with van der Waals surface area (Å²) >= 11 is 0. The lowest BCUT2D eigenvalue weighted by Crippen LogP contribution is -2.48. The highest BCUT2D eigenvalue weighted by Crippen LogP contribution is 2.14. The van der Waals surface area contributed by atoms with Crippen LogP contribution in [-0.4, -0.2) is 48.4 Å². The lowest BCUT2D eigenvalue weighted by atomic mass is 10.1. The van der Waals surface area contributed by atoms with Crippen LogP contribution >= 0.6 is 0 Å². The van der Waals surface area contributed by atoms with Crippen LogP contribution in [0.25, 0.3) is 6.08 Å². The minimum atomic E-state index is 0.0832. The van der Waals surface area contributed by atoms with Gasteiger partial charge in [-0.15, -0.1) is 0 Å². The van der Waals surface area contributed by atoms with Gasteiger partial charge in [-0.3, -0.25) is 4.79 Å². The number of nitrogens with zero attached hydrogens (tertiary/aromatic N) is 2. The van der Waals surface area contributed by atoms with E-state index >= 15 is 0 Å². The van der Waals surface area contributed by atoms with E-state index in [9.17, 15) is 4.79 Å². The molecule has 2 rings (SSSR count). The Kier molecular flexibility index (Phi) is 4.79. The van der Waals surface area contributed by atoms with Gasteiger partial charge in [0.15, 0.2) is 0 Å². The number of rotatable bonds is 3. The number of nitrogen functional groups attached to an aromatic ring is 1. The van der Waals surface area contributed by atoms with E-state index in [1.54, 1.807) is 6.08 Å². The number of hydrogen-bond donors (Lipinski definition) is 1. The molecule has 20 heavy (non-hydrogen) atoms. The molecule has 0 unspecified atom stereocenters. The smallest absolute Gasteiger partial charge is 0.246 e. The topological polar surface area (TPSA) is 49.6 Å². The van der Waals surface area contributed by atoms with E-state index in [4.69, 9.17) is 5.73 Å². The summed E-state index contributed by atoms with van der Waals surface area (Å²) in [5.41, 5.74) is 8.65. The predicted octanol–water partition coefficient (Wildman–Crippen LogP) is 1.75. The van der Waals surface area contributed by atoms with Crippen molar-refractivity contribution in [1.29, 1.82) is 0 Å². The number of aryl methyl sites for hydroxylation is 1. The van der Waals surface area contributed by atoms with Crippen molar-refractivity contribution in [2.24, 2.45) is 0 Å². The standard InChI is InChI=1S/C16H23N3O/c1-3-18-8-10-19(11-9-18)16(20)7-6-14-5-4-13(2)15(17)12-14/h4-7,12H,3,8-11,17H2,1-2H3/b7-6+. The Labute approximate surface area is 120 Å². The summed E-state index contributed by atoms with van der Waals surface area (Å²) in [6.45, 7) is 8.74. The molecule has 0 aromatic heterocycles. The van der Waals surface area contributed by atoms with E-state index in [2.05, 4.69) is 11.8 Å². The Bertz CT molecular complexity index is 502. The fourth-order valence-electron chi connectivity index (χ4n) is 2.32. The molecule has 0 radical (unpaired) electrons. The van der Waals surface area contributed by atoms with Crippen molar-refractivity contribution in [2.75, 3.05) is 38.5 Å². The fraction of sp³-hybridized carbons (Fsp3) is 0.438. The van der Waals surface area contributed by atoms with Crippen molar-refractivity contribution < 1.29 is 4.79 Å². The quantitative estimate of drug-likeness (QED) is 0.674. The SMILES string of the molecule is CCN1CCN(C(=O)/C=C/c2ccc(C)c(N)c2)CC1. The van der Waals surface area contributed by atoms with Crippen LogP contribution < -0.4 is 5.73 Å². The molecule has 4 nitrogen and oxygen atoms in total. The second-order valence-corrected chi connectivity index (χ2v) is 5.21. The highest BCUT2D eigenvalue weighted by molar-refractivity contribution is 5.92. The minimum Gasteiger partial charge on any atom is -0.398 e. The van der Waals surface area contributed by atoms with Crippen LogP contribution in [0.2, 0.25) is 0 Å². The number of hydrogen-bond acceptors (Lipinski definition) is 3. The fourth-order valence-corrected chi connectivity index (χ4v) is 2.32. The molecule has 1 aliphatic heterocycles. The van der Waals surface area contributed by atoms with Crippen LogP contribution in [0.4, 0.5) is 5.69 Å². The van der Waals surface area contributed by atoms with Crippen molar-refractivity contribution in [3.8, 4) is 0 Å². The van der Waals surface area contributed by atoms with E-state index in [-0.39, 0.29) is 5.91 Å². The van der Waals surface area contributed by atoms with E-state index in [1.165, 1.54) is 0 Å². The summed E-state index contributed by atoms with van der Waals surface area (Å²) in [5, 5.41) is 0. The van der Waals surface area contributed by atoms with Crippen LogP contribution in [0.3, 0.4) is 0 Å². The van der Waals surface area contributed by atoms with Crippen LogP contribution in [0.15, 0.2) is 24.3 Å². The molecule has 108 valence electrons. The van der Waals surface area contributed by atoms with Gasteiger partial charge in [-0.2, -0.15) is 0 Å². The van der Waals surface area contributed by atoms with E-state index < -0.39 is 0 Å². The number of likely N-dealkylation sites (N-methyl/N-ethyl adjacent to an activating group) is 1. The van der Waals surface area contributed by atoms with Gasteiger partial charge in [-0.05, 0) is 36.7 Å². The van der Waals surface area contributed by atoms with Crippen molar-refractivity contribution in [3.05, 3.63) is 35.4 Å². The first-order chi connectivity index (χ1) is 9.60. The van der Waals surface area contributed by atoms with Crippen LogP contribution in [0, 0.1) is 6.92 Å². The predicted molar refractivity (Wildman–Crippen MR) is 83.3 cm³/mol. The number of amides is 1. The zero-order chi connectivity index (χ0) is 14.5. The Morgan fingerprint density at radius 3 is 2.60 bits per heavy atom. The molecule has 1 aromatic rings. The molecule has 0 saturated carbocycles. The third-order valence-electron chi connectivity index (χ3n) is 3.85. The molecule has 1 fully saturated rings. The second-order valence-electron chi connectivity index (χ2n) is 5.21. The minimum absolute atomic E-state index is 0.0832. The largest absolute Gasteiger partial charge is 0.398 e. The first-order valence-corrected chi connectivity index (χ1v) is 7.15. The van der Waals surface area contributed by atoms with Crippen LogP contribution in [0.5, 0.6) is 0 Å². The van der Waals surface area contributed by atoms with Gasteiger partial charge in [0.05, 0.1) is 0 Å². The Balaban J connectivity index is 1.94.